The molecule has 0 spiro atoms. The summed E-state index contributed by atoms with van der Waals surface area (Å²) in [5, 5.41) is 9.05. The number of anilines is 1. The molecular formula is C11H16FN3O. The van der Waals surface area contributed by atoms with Gasteiger partial charge in [0.15, 0.2) is 0 Å². The maximum Gasteiger partial charge on any atom is 0.218 e. The van der Waals surface area contributed by atoms with Gasteiger partial charge in [-0.1, -0.05) is 12.8 Å². The van der Waals surface area contributed by atoms with Crippen molar-refractivity contribution in [3.05, 3.63) is 18.3 Å². The summed E-state index contributed by atoms with van der Waals surface area (Å²) in [6, 6.07) is 1.70. The zero-order valence-corrected chi connectivity index (χ0v) is 9.14. The molecule has 0 atom stereocenters. The average molecular weight is 225 g/mol. The lowest BCUT2D eigenvalue weighted by Gasteiger charge is -2.29. The third-order valence-corrected chi connectivity index (χ3v) is 3.02. The number of aliphatic hydroxyl groups excluding tert-OH is 1. The molecule has 0 radical (unpaired) electrons. The van der Waals surface area contributed by atoms with E-state index in [1.54, 1.807) is 0 Å². The van der Waals surface area contributed by atoms with E-state index in [1.165, 1.54) is 25.2 Å². The molecule has 0 aromatic carbocycles. The second-order valence-electron chi connectivity index (χ2n) is 4.05. The highest BCUT2D eigenvalue weighted by molar-refractivity contribution is 5.38. The summed E-state index contributed by atoms with van der Waals surface area (Å²) in [5.41, 5.74) is 0. The van der Waals surface area contributed by atoms with Crippen molar-refractivity contribution < 1.29 is 9.50 Å². The van der Waals surface area contributed by atoms with Crippen LogP contribution in [0.5, 0.6) is 0 Å². The van der Waals surface area contributed by atoms with Crippen LogP contribution < -0.4 is 4.90 Å². The van der Waals surface area contributed by atoms with E-state index in [1.807, 2.05) is 4.90 Å². The van der Waals surface area contributed by atoms with Gasteiger partial charge < -0.3 is 10.0 Å². The Kier molecular flexibility index (Phi) is 3.66. The zero-order valence-electron chi connectivity index (χ0n) is 9.14. The fourth-order valence-corrected chi connectivity index (χ4v) is 2.29. The van der Waals surface area contributed by atoms with Crippen LogP contribution in [0.25, 0.3) is 0 Å². The Morgan fingerprint density at radius 2 is 2.12 bits per heavy atom. The summed E-state index contributed by atoms with van der Waals surface area (Å²) < 4.78 is 13.0. The lowest BCUT2D eigenvalue weighted by molar-refractivity contribution is 0.296. The second kappa shape index (κ2) is 5.21. The Bertz CT molecular complexity index is 342. The molecule has 1 aromatic rings. The number of hydrogen-bond acceptors (Lipinski definition) is 4. The maximum absolute atomic E-state index is 13.0. The van der Waals surface area contributed by atoms with E-state index < -0.39 is 5.95 Å². The molecule has 1 aliphatic carbocycles. The predicted octanol–water partition coefficient (Wildman–Crippen LogP) is 1.36. The van der Waals surface area contributed by atoms with E-state index in [-0.39, 0.29) is 6.61 Å². The molecule has 1 heterocycles. The molecule has 1 aliphatic rings. The Labute approximate surface area is 94.1 Å². The largest absolute Gasteiger partial charge is 0.395 e. The normalized spacial score (nSPS) is 16.6. The Balaban J connectivity index is 2.17. The quantitative estimate of drug-likeness (QED) is 0.786. The average Bonchev–Trinajstić information content (AvgIpc) is 2.79. The minimum Gasteiger partial charge on any atom is -0.395 e. The van der Waals surface area contributed by atoms with Gasteiger partial charge in [-0.2, -0.15) is 4.39 Å². The first-order chi connectivity index (χ1) is 7.81. The monoisotopic (exact) mass is 225 g/mol. The van der Waals surface area contributed by atoms with E-state index in [9.17, 15) is 4.39 Å². The van der Waals surface area contributed by atoms with Gasteiger partial charge in [0.25, 0.3) is 0 Å². The summed E-state index contributed by atoms with van der Waals surface area (Å²) >= 11 is 0. The maximum atomic E-state index is 13.0. The molecule has 0 saturated heterocycles. The van der Waals surface area contributed by atoms with Crippen molar-refractivity contribution in [3.8, 4) is 0 Å². The molecule has 88 valence electrons. The molecule has 16 heavy (non-hydrogen) atoms. The third kappa shape index (κ3) is 2.47. The lowest BCUT2D eigenvalue weighted by Crippen LogP contribution is -2.36. The number of halogens is 1. The Hall–Kier alpha value is -1.23. The van der Waals surface area contributed by atoms with Crippen LogP contribution in [0.4, 0.5) is 10.2 Å². The van der Waals surface area contributed by atoms with Gasteiger partial charge in [0.05, 0.1) is 6.61 Å². The highest BCUT2D eigenvalue weighted by Crippen LogP contribution is 2.26. The molecule has 0 unspecified atom stereocenters. The van der Waals surface area contributed by atoms with Crippen molar-refractivity contribution in [3.63, 3.8) is 0 Å². The molecule has 2 rings (SSSR count). The van der Waals surface area contributed by atoms with E-state index >= 15 is 0 Å². The van der Waals surface area contributed by atoms with Crippen molar-refractivity contribution in [1.29, 1.82) is 0 Å². The van der Waals surface area contributed by atoms with Crippen molar-refractivity contribution in [1.82, 2.24) is 9.97 Å². The number of nitrogens with zero attached hydrogens (tertiary/aromatic N) is 3. The second-order valence-corrected chi connectivity index (χ2v) is 4.05. The molecule has 1 fully saturated rings. The molecule has 0 amide bonds. The highest BCUT2D eigenvalue weighted by atomic mass is 19.1. The van der Waals surface area contributed by atoms with Gasteiger partial charge in [0.2, 0.25) is 5.95 Å². The Morgan fingerprint density at radius 3 is 2.75 bits per heavy atom. The van der Waals surface area contributed by atoms with Crippen LogP contribution in [-0.4, -0.2) is 34.3 Å². The fraction of sp³-hybridized carbons (Fsp3) is 0.636. The molecule has 1 N–H and O–H groups in total. The minimum atomic E-state index is -0.522. The van der Waals surface area contributed by atoms with Gasteiger partial charge in [-0.05, 0) is 12.8 Å². The van der Waals surface area contributed by atoms with Crippen molar-refractivity contribution in [2.24, 2.45) is 0 Å². The van der Waals surface area contributed by atoms with Crippen molar-refractivity contribution >= 4 is 5.82 Å². The van der Waals surface area contributed by atoms with Gasteiger partial charge in [0, 0.05) is 18.7 Å². The fourth-order valence-electron chi connectivity index (χ4n) is 2.29. The van der Waals surface area contributed by atoms with E-state index in [4.69, 9.17) is 5.11 Å². The topological polar surface area (TPSA) is 49.2 Å². The standard InChI is InChI=1S/C11H16FN3O/c12-10-7-11(14-8-13-10)15(5-6-16)9-3-1-2-4-9/h7-9,16H,1-6H2. The van der Waals surface area contributed by atoms with E-state index in [2.05, 4.69) is 9.97 Å². The first-order valence-corrected chi connectivity index (χ1v) is 5.66. The van der Waals surface area contributed by atoms with Crippen LogP contribution in [0.2, 0.25) is 0 Å². The van der Waals surface area contributed by atoms with Gasteiger partial charge in [-0.3, -0.25) is 0 Å². The molecule has 4 nitrogen and oxygen atoms in total. The number of hydrogen-bond donors (Lipinski definition) is 1. The van der Waals surface area contributed by atoms with Gasteiger partial charge in [-0.25, -0.2) is 9.97 Å². The van der Waals surface area contributed by atoms with Crippen LogP contribution in [-0.2, 0) is 0 Å². The van der Waals surface area contributed by atoms with Crippen LogP contribution in [0, 0.1) is 5.95 Å². The van der Waals surface area contributed by atoms with Crippen molar-refractivity contribution in [2.75, 3.05) is 18.1 Å². The van der Waals surface area contributed by atoms with E-state index in [0.29, 0.717) is 18.4 Å². The first kappa shape index (κ1) is 11.3. The first-order valence-electron chi connectivity index (χ1n) is 5.66. The summed E-state index contributed by atoms with van der Waals surface area (Å²) in [4.78, 5) is 9.49. The van der Waals surface area contributed by atoms with Crippen LogP contribution in [0.15, 0.2) is 12.4 Å². The number of rotatable bonds is 4. The van der Waals surface area contributed by atoms with E-state index in [0.717, 1.165) is 12.8 Å². The van der Waals surface area contributed by atoms with Crippen molar-refractivity contribution in [2.45, 2.75) is 31.7 Å². The predicted molar refractivity (Wildman–Crippen MR) is 58.7 cm³/mol. The van der Waals surface area contributed by atoms with Gasteiger partial charge >= 0.3 is 0 Å². The molecular weight excluding hydrogens is 209 g/mol. The van der Waals surface area contributed by atoms with Gasteiger partial charge in [-0.15, -0.1) is 0 Å². The van der Waals surface area contributed by atoms with Crippen LogP contribution >= 0.6 is 0 Å². The highest BCUT2D eigenvalue weighted by Gasteiger charge is 2.23. The van der Waals surface area contributed by atoms with Crippen LogP contribution in [0.3, 0.4) is 0 Å². The number of aromatic nitrogens is 2. The summed E-state index contributed by atoms with van der Waals surface area (Å²) in [5.74, 6) is 0.0550. The third-order valence-electron chi connectivity index (χ3n) is 3.02. The molecule has 0 bridgehead atoms. The summed E-state index contributed by atoms with van der Waals surface area (Å²) in [6.45, 7) is 0.559. The molecule has 1 saturated carbocycles. The smallest absolute Gasteiger partial charge is 0.218 e. The van der Waals surface area contributed by atoms with Crippen LogP contribution in [0.1, 0.15) is 25.7 Å². The summed E-state index contributed by atoms with van der Waals surface area (Å²) in [7, 11) is 0. The Morgan fingerprint density at radius 1 is 1.38 bits per heavy atom. The minimum absolute atomic E-state index is 0.0577. The molecule has 1 aromatic heterocycles. The SMILES string of the molecule is OCCN(c1cc(F)ncn1)C1CCCC1. The zero-order chi connectivity index (χ0) is 11.4. The lowest BCUT2D eigenvalue weighted by atomic mass is 10.2. The summed E-state index contributed by atoms with van der Waals surface area (Å²) in [6.07, 6.45) is 5.79. The molecule has 5 heteroatoms. The van der Waals surface area contributed by atoms with Gasteiger partial charge in [0.1, 0.15) is 12.1 Å². The molecule has 0 aliphatic heterocycles. The number of aliphatic hydroxyl groups is 1.